The quantitative estimate of drug-likeness (QED) is 0.408. The number of phenols is 1. The second kappa shape index (κ2) is 8.97. The number of hydrogen-bond acceptors (Lipinski definition) is 3. The molecule has 3 rings (SSSR count). The molecule has 0 atom stereocenters. The first kappa shape index (κ1) is 23.8. The number of nitrogens with zero attached hydrogens (tertiary/aromatic N) is 2. The maximum atomic E-state index is 13.9. The van der Waals surface area contributed by atoms with Crippen LogP contribution in [0.25, 0.3) is 11.3 Å². The van der Waals surface area contributed by atoms with Gasteiger partial charge in [0, 0.05) is 18.2 Å². The van der Waals surface area contributed by atoms with Crippen LogP contribution in [0.15, 0.2) is 30.5 Å². The minimum absolute atomic E-state index is 0.0368. The Kier molecular flexibility index (Phi) is 6.68. The van der Waals surface area contributed by atoms with E-state index in [1.807, 2.05) is 0 Å². The van der Waals surface area contributed by atoms with Crippen LogP contribution in [-0.4, -0.2) is 26.2 Å². The van der Waals surface area contributed by atoms with Crippen molar-refractivity contribution in [3.05, 3.63) is 64.1 Å². The molecule has 0 aliphatic rings. The fourth-order valence-corrected chi connectivity index (χ4v) is 3.22. The van der Waals surface area contributed by atoms with Gasteiger partial charge in [-0.25, -0.2) is 9.37 Å². The van der Waals surface area contributed by atoms with Crippen molar-refractivity contribution in [3.63, 3.8) is 0 Å². The number of aromatic nitrogens is 3. The number of hydrogen-bond donors (Lipinski definition) is 2. The lowest BCUT2D eigenvalue weighted by Crippen LogP contribution is -2.09. The molecule has 32 heavy (non-hydrogen) atoms. The Morgan fingerprint density at radius 3 is 2.31 bits per heavy atom. The molecule has 2 aromatic heterocycles. The molecule has 0 unspecified atom stereocenters. The van der Waals surface area contributed by atoms with Gasteiger partial charge < -0.3 is 10.1 Å². The van der Waals surface area contributed by atoms with Gasteiger partial charge in [-0.05, 0) is 30.5 Å². The summed E-state index contributed by atoms with van der Waals surface area (Å²) in [6.07, 6.45) is -9.97. The lowest BCUT2D eigenvalue weighted by atomic mass is 10.0. The zero-order valence-electron chi connectivity index (χ0n) is 16.1. The SMILES string of the molecule is Oc1cc(-c2[nH]c(CCC(F)(F)F)nc2Cl)ccc1CCc1ncc(C(F)(F)F)cc1F. The second-order valence-corrected chi connectivity index (χ2v) is 7.32. The van der Waals surface area contributed by atoms with Crippen molar-refractivity contribution < 1.29 is 35.8 Å². The third-order valence-electron chi connectivity index (χ3n) is 4.60. The van der Waals surface area contributed by atoms with Crippen molar-refractivity contribution >= 4 is 11.6 Å². The molecule has 0 amide bonds. The number of alkyl halides is 6. The van der Waals surface area contributed by atoms with E-state index in [0.717, 1.165) is 0 Å². The molecule has 4 nitrogen and oxygen atoms in total. The molecule has 1 aromatic carbocycles. The van der Waals surface area contributed by atoms with Gasteiger partial charge in [0.05, 0.1) is 23.4 Å². The number of aromatic hydroxyl groups is 1. The second-order valence-electron chi connectivity index (χ2n) is 6.96. The van der Waals surface area contributed by atoms with E-state index in [0.29, 0.717) is 23.4 Å². The van der Waals surface area contributed by atoms with Crippen LogP contribution in [0.1, 0.15) is 29.1 Å². The molecular formula is C20H15ClF7N3O. The van der Waals surface area contributed by atoms with Crippen molar-refractivity contribution in [2.24, 2.45) is 0 Å². The van der Waals surface area contributed by atoms with E-state index in [4.69, 9.17) is 11.6 Å². The van der Waals surface area contributed by atoms with Crippen LogP contribution >= 0.6 is 11.6 Å². The highest BCUT2D eigenvalue weighted by molar-refractivity contribution is 6.31. The van der Waals surface area contributed by atoms with E-state index >= 15 is 0 Å². The standard InChI is InChI=1S/C20H15ClF7N3O/c21-18-17(30-16(31-18)5-6-19(23,24)25)11-2-1-10(15(32)7-11)3-4-14-13(22)8-12(9-29-14)20(26,27)28/h1-2,7-9,32H,3-6H2,(H,30,31). The van der Waals surface area contributed by atoms with Gasteiger partial charge in [0.25, 0.3) is 0 Å². The van der Waals surface area contributed by atoms with E-state index in [2.05, 4.69) is 15.0 Å². The van der Waals surface area contributed by atoms with Crippen LogP contribution in [0.3, 0.4) is 0 Å². The number of phenolic OH excluding ortho intramolecular Hbond substituents is 1. The van der Waals surface area contributed by atoms with Crippen LogP contribution in [0.5, 0.6) is 5.75 Å². The van der Waals surface area contributed by atoms with Gasteiger partial charge in [-0.3, -0.25) is 4.98 Å². The van der Waals surface area contributed by atoms with Crippen molar-refractivity contribution in [1.82, 2.24) is 15.0 Å². The van der Waals surface area contributed by atoms with Crippen LogP contribution in [0.4, 0.5) is 30.7 Å². The summed E-state index contributed by atoms with van der Waals surface area (Å²) in [6, 6.07) is 4.68. The summed E-state index contributed by atoms with van der Waals surface area (Å²) < 4.78 is 88.9. The molecule has 0 bridgehead atoms. The molecule has 0 aliphatic carbocycles. The number of aromatic amines is 1. The summed E-state index contributed by atoms with van der Waals surface area (Å²) in [5.41, 5.74) is -0.436. The number of pyridine rings is 1. The number of nitrogens with one attached hydrogen (secondary N) is 1. The fourth-order valence-electron chi connectivity index (χ4n) is 2.96. The minimum atomic E-state index is -4.71. The lowest BCUT2D eigenvalue weighted by Gasteiger charge is -2.10. The van der Waals surface area contributed by atoms with Crippen molar-refractivity contribution in [2.45, 2.75) is 38.0 Å². The molecule has 0 spiro atoms. The zero-order chi connectivity index (χ0) is 23.7. The fraction of sp³-hybridized carbons (Fsp3) is 0.300. The Morgan fingerprint density at radius 1 is 1.00 bits per heavy atom. The smallest absolute Gasteiger partial charge is 0.417 e. The van der Waals surface area contributed by atoms with Gasteiger partial charge >= 0.3 is 12.4 Å². The van der Waals surface area contributed by atoms with Crippen LogP contribution in [-0.2, 0) is 25.4 Å². The van der Waals surface area contributed by atoms with Crippen LogP contribution in [0, 0.1) is 5.82 Å². The molecule has 0 radical (unpaired) electrons. The molecule has 2 N–H and O–H groups in total. The number of H-pyrrole nitrogens is 1. The number of benzene rings is 1. The molecule has 0 aliphatic heterocycles. The molecular weight excluding hydrogens is 467 g/mol. The van der Waals surface area contributed by atoms with Gasteiger partial charge in [0.15, 0.2) is 5.15 Å². The lowest BCUT2D eigenvalue weighted by molar-refractivity contribution is -0.138. The summed E-state index contributed by atoms with van der Waals surface area (Å²) in [5, 5.41) is 10.2. The summed E-state index contributed by atoms with van der Waals surface area (Å²) in [7, 11) is 0. The average Bonchev–Trinajstić information content (AvgIpc) is 3.05. The molecule has 0 saturated heterocycles. The molecule has 172 valence electrons. The number of imidazole rings is 1. The number of aryl methyl sites for hydroxylation is 3. The van der Waals surface area contributed by atoms with Crippen LogP contribution in [0.2, 0.25) is 5.15 Å². The predicted molar refractivity (Wildman–Crippen MR) is 102 cm³/mol. The predicted octanol–water partition coefficient (Wildman–Crippen LogP) is 6.27. The monoisotopic (exact) mass is 481 g/mol. The molecule has 0 saturated carbocycles. The topological polar surface area (TPSA) is 61.8 Å². The van der Waals surface area contributed by atoms with Gasteiger partial charge in [0.1, 0.15) is 17.4 Å². The Labute approximate surface area is 182 Å². The maximum Gasteiger partial charge on any atom is 0.417 e. The summed E-state index contributed by atoms with van der Waals surface area (Å²) in [5.74, 6) is -1.28. The van der Waals surface area contributed by atoms with Gasteiger partial charge in [-0.2, -0.15) is 26.3 Å². The normalized spacial score (nSPS) is 12.4. The van der Waals surface area contributed by atoms with Gasteiger partial charge in [-0.1, -0.05) is 23.7 Å². The zero-order valence-corrected chi connectivity index (χ0v) is 16.8. The minimum Gasteiger partial charge on any atom is -0.508 e. The maximum absolute atomic E-state index is 13.9. The van der Waals surface area contributed by atoms with E-state index in [1.165, 1.54) is 18.2 Å². The largest absolute Gasteiger partial charge is 0.508 e. The number of halogens is 8. The first-order valence-electron chi connectivity index (χ1n) is 9.18. The molecule has 12 heteroatoms. The summed E-state index contributed by atoms with van der Waals surface area (Å²) in [6.45, 7) is 0. The highest BCUT2D eigenvalue weighted by Gasteiger charge is 2.32. The first-order chi connectivity index (χ1) is 14.8. The first-order valence-corrected chi connectivity index (χ1v) is 9.56. The number of rotatable bonds is 6. The van der Waals surface area contributed by atoms with Gasteiger partial charge in [0.2, 0.25) is 0 Å². The van der Waals surface area contributed by atoms with E-state index in [-0.39, 0.29) is 47.4 Å². The summed E-state index contributed by atoms with van der Waals surface area (Å²) >= 11 is 5.99. The van der Waals surface area contributed by atoms with Crippen molar-refractivity contribution in [3.8, 4) is 17.0 Å². The van der Waals surface area contributed by atoms with E-state index < -0.39 is 30.2 Å². The van der Waals surface area contributed by atoms with Crippen molar-refractivity contribution in [1.29, 1.82) is 0 Å². The Hall–Kier alpha value is -2.82. The Bertz CT molecular complexity index is 1110. The van der Waals surface area contributed by atoms with Gasteiger partial charge in [-0.15, -0.1) is 0 Å². The Morgan fingerprint density at radius 2 is 1.72 bits per heavy atom. The Balaban J connectivity index is 1.72. The van der Waals surface area contributed by atoms with Crippen LogP contribution < -0.4 is 0 Å². The highest BCUT2D eigenvalue weighted by Crippen LogP contribution is 2.32. The van der Waals surface area contributed by atoms with E-state index in [9.17, 15) is 35.8 Å². The third-order valence-corrected chi connectivity index (χ3v) is 4.88. The average molecular weight is 482 g/mol. The molecule has 0 fully saturated rings. The summed E-state index contributed by atoms with van der Waals surface area (Å²) in [4.78, 5) is 10.1. The molecule has 3 aromatic rings. The van der Waals surface area contributed by atoms with E-state index in [1.54, 1.807) is 0 Å². The van der Waals surface area contributed by atoms with Crippen molar-refractivity contribution in [2.75, 3.05) is 0 Å². The molecule has 2 heterocycles. The third kappa shape index (κ3) is 5.90. The highest BCUT2D eigenvalue weighted by atomic mass is 35.5.